The third kappa shape index (κ3) is 5.37. The van der Waals surface area contributed by atoms with Crippen LogP contribution < -0.4 is 5.32 Å². The lowest BCUT2D eigenvalue weighted by Gasteiger charge is -2.26. The van der Waals surface area contributed by atoms with E-state index in [1.54, 1.807) is 18.3 Å². The van der Waals surface area contributed by atoms with Crippen LogP contribution in [0.3, 0.4) is 0 Å². The standard InChI is InChI=1S/C23H27FN6O4S.ClH/c1-16-25-15-21(30(16)18-6-10-33-11-7-18)22-20(24)14-26-23(28-22)27-17-2-4-19(5-3-17)35(31,32)29-8-12-34-13-9-29;/h2-5,14-15,18H,6-13H2,1H3,(H,26,27,28);1H. The first kappa shape index (κ1) is 26.4. The maximum Gasteiger partial charge on any atom is 0.243 e. The fourth-order valence-electron chi connectivity index (χ4n) is 4.42. The second-order valence-electron chi connectivity index (χ2n) is 8.46. The van der Waals surface area contributed by atoms with Crippen LogP contribution in [0.5, 0.6) is 0 Å². The highest BCUT2D eigenvalue weighted by atomic mass is 35.5. The van der Waals surface area contributed by atoms with Gasteiger partial charge in [0.05, 0.1) is 36.2 Å². The van der Waals surface area contributed by atoms with Crippen LogP contribution in [-0.4, -0.2) is 71.8 Å². The fourth-order valence-corrected chi connectivity index (χ4v) is 5.82. The fraction of sp³-hybridized carbons (Fsp3) is 0.435. The number of morpholine rings is 1. The molecule has 194 valence electrons. The molecule has 0 bridgehead atoms. The third-order valence-corrected chi connectivity index (χ3v) is 8.16. The number of nitrogens with one attached hydrogen (secondary N) is 1. The van der Waals surface area contributed by atoms with E-state index < -0.39 is 15.8 Å². The average Bonchev–Trinajstić information content (AvgIpc) is 3.27. The maximum absolute atomic E-state index is 14.8. The number of hydrogen-bond donors (Lipinski definition) is 1. The minimum absolute atomic E-state index is 0. The molecule has 5 rings (SSSR count). The lowest BCUT2D eigenvalue weighted by molar-refractivity contribution is 0.0694. The van der Waals surface area contributed by atoms with Gasteiger partial charge in [0.1, 0.15) is 11.5 Å². The first-order valence-corrected chi connectivity index (χ1v) is 13.0. The number of anilines is 2. The molecule has 0 saturated carbocycles. The van der Waals surface area contributed by atoms with Crippen molar-refractivity contribution in [3.8, 4) is 11.4 Å². The van der Waals surface area contributed by atoms with E-state index in [9.17, 15) is 12.8 Å². The summed E-state index contributed by atoms with van der Waals surface area (Å²) in [7, 11) is -3.59. The molecule has 1 aromatic carbocycles. The second kappa shape index (κ2) is 11.2. The number of halogens is 2. The molecule has 0 spiro atoms. The van der Waals surface area contributed by atoms with E-state index in [2.05, 4.69) is 20.3 Å². The van der Waals surface area contributed by atoms with Gasteiger partial charge >= 0.3 is 0 Å². The third-order valence-electron chi connectivity index (χ3n) is 6.24. The Bertz CT molecular complexity index is 1290. The highest BCUT2D eigenvalue weighted by Gasteiger charge is 2.26. The van der Waals surface area contributed by atoms with Crippen molar-refractivity contribution >= 4 is 34.1 Å². The van der Waals surface area contributed by atoms with Crippen molar-refractivity contribution in [3.05, 3.63) is 48.3 Å². The van der Waals surface area contributed by atoms with Crippen molar-refractivity contribution in [2.75, 3.05) is 44.8 Å². The SMILES string of the molecule is Cc1ncc(-c2nc(Nc3ccc(S(=O)(=O)N4CCOCC4)cc3)ncc2F)n1C1CCOCC1.Cl. The van der Waals surface area contributed by atoms with E-state index in [0.29, 0.717) is 50.9 Å². The molecule has 2 saturated heterocycles. The summed E-state index contributed by atoms with van der Waals surface area (Å²) in [6.07, 6.45) is 4.40. The van der Waals surface area contributed by atoms with Gasteiger partial charge in [-0.1, -0.05) is 0 Å². The normalized spacial score (nSPS) is 17.5. The Morgan fingerprint density at radius 3 is 2.36 bits per heavy atom. The molecule has 0 atom stereocenters. The van der Waals surface area contributed by atoms with E-state index in [1.165, 1.54) is 16.4 Å². The Hall–Kier alpha value is -2.64. The topological polar surface area (TPSA) is 111 Å². The summed E-state index contributed by atoms with van der Waals surface area (Å²) in [5, 5.41) is 3.04. The first-order valence-electron chi connectivity index (χ1n) is 11.5. The van der Waals surface area contributed by atoms with Gasteiger partial charge in [-0.25, -0.2) is 27.8 Å². The Balaban J connectivity index is 0.00000304. The quantitative estimate of drug-likeness (QED) is 0.509. The van der Waals surface area contributed by atoms with Crippen molar-refractivity contribution in [1.82, 2.24) is 23.8 Å². The monoisotopic (exact) mass is 538 g/mol. The summed E-state index contributed by atoms with van der Waals surface area (Å²) in [5.74, 6) is 0.440. The number of rotatable bonds is 6. The highest BCUT2D eigenvalue weighted by molar-refractivity contribution is 7.89. The molecule has 2 aromatic heterocycles. The highest BCUT2D eigenvalue weighted by Crippen LogP contribution is 2.31. The van der Waals surface area contributed by atoms with Gasteiger partial charge < -0.3 is 19.4 Å². The van der Waals surface area contributed by atoms with Crippen LogP contribution in [0.25, 0.3) is 11.4 Å². The van der Waals surface area contributed by atoms with Crippen molar-refractivity contribution in [2.45, 2.75) is 30.7 Å². The van der Waals surface area contributed by atoms with Gasteiger partial charge in [-0.3, -0.25) is 0 Å². The van der Waals surface area contributed by atoms with Crippen molar-refractivity contribution in [2.24, 2.45) is 0 Å². The number of imidazole rings is 1. The molecule has 0 radical (unpaired) electrons. The maximum atomic E-state index is 14.8. The van der Waals surface area contributed by atoms with Crippen LogP contribution in [0.4, 0.5) is 16.0 Å². The molecular formula is C23H28ClFN6O4S. The number of nitrogens with zero attached hydrogens (tertiary/aromatic N) is 5. The van der Waals surface area contributed by atoms with Crippen LogP contribution in [-0.2, 0) is 19.5 Å². The van der Waals surface area contributed by atoms with Gasteiger partial charge in [-0.05, 0) is 44.0 Å². The van der Waals surface area contributed by atoms with Crippen LogP contribution in [0, 0.1) is 12.7 Å². The Kier molecular flexibility index (Phi) is 8.20. The number of sulfonamides is 1. The molecule has 2 aliphatic heterocycles. The largest absolute Gasteiger partial charge is 0.381 e. The van der Waals surface area contributed by atoms with Gasteiger partial charge in [0.25, 0.3) is 0 Å². The summed E-state index contributed by atoms with van der Waals surface area (Å²) in [4.78, 5) is 13.1. The number of benzene rings is 1. The smallest absolute Gasteiger partial charge is 0.243 e. The zero-order valence-corrected chi connectivity index (χ0v) is 21.4. The van der Waals surface area contributed by atoms with Crippen molar-refractivity contribution in [3.63, 3.8) is 0 Å². The van der Waals surface area contributed by atoms with E-state index in [1.807, 2.05) is 11.5 Å². The molecule has 13 heteroatoms. The molecule has 3 aromatic rings. The molecule has 36 heavy (non-hydrogen) atoms. The number of aryl methyl sites for hydroxylation is 1. The lowest BCUT2D eigenvalue weighted by atomic mass is 10.1. The molecule has 0 unspecified atom stereocenters. The number of hydrogen-bond acceptors (Lipinski definition) is 8. The summed E-state index contributed by atoms with van der Waals surface area (Å²) in [6.45, 7) is 4.63. The van der Waals surface area contributed by atoms with Gasteiger partial charge in [-0.2, -0.15) is 4.31 Å². The Morgan fingerprint density at radius 1 is 1.00 bits per heavy atom. The molecule has 1 N–H and O–H groups in total. The lowest BCUT2D eigenvalue weighted by Crippen LogP contribution is -2.40. The molecule has 10 nitrogen and oxygen atoms in total. The van der Waals surface area contributed by atoms with E-state index >= 15 is 0 Å². The van der Waals surface area contributed by atoms with Crippen LogP contribution >= 0.6 is 12.4 Å². The molecule has 0 aliphatic carbocycles. The average molecular weight is 539 g/mol. The molecular weight excluding hydrogens is 511 g/mol. The van der Waals surface area contributed by atoms with Gasteiger partial charge in [0.15, 0.2) is 5.82 Å². The zero-order chi connectivity index (χ0) is 24.4. The molecule has 2 aliphatic rings. The first-order chi connectivity index (χ1) is 16.9. The molecule has 0 amide bonds. The van der Waals surface area contributed by atoms with Crippen molar-refractivity contribution < 1.29 is 22.3 Å². The van der Waals surface area contributed by atoms with Gasteiger partial charge in [0.2, 0.25) is 16.0 Å². The van der Waals surface area contributed by atoms with Crippen molar-refractivity contribution in [1.29, 1.82) is 0 Å². The Morgan fingerprint density at radius 2 is 1.67 bits per heavy atom. The molecule has 2 fully saturated rings. The van der Waals surface area contributed by atoms with E-state index in [4.69, 9.17) is 9.47 Å². The zero-order valence-electron chi connectivity index (χ0n) is 19.8. The predicted molar refractivity (Wildman–Crippen MR) is 134 cm³/mol. The van der Waals surface area contributed by atoms with Crippen LogP contribution in [0.1, 0.15) is 24.7 Å². The van der Waals surface area contributed by atoms with Crippen LogP contribution in [0.15, 0.2) is 41.6 Å². The van der Waals surface area contributed by atoms with Crippen LogP contribution in [0.2, 0.25) is 0 Å². The minimum atomic E-state index is -3.59. The summed E-state index contributed by atoms with van der Waals surface area (Å²) in [6, 6.07) is 6.49. The van der Waals surface area contributed by atoms with Gasteiger partial charge in [-0.15, -0.1) is 12.4 Å². The number of ether oxygens (including phenoxy) is 2. The van der Waals surface area contributed by atoms with Gasteiger partial charge in [0, 0.05) is 38.0 Å². The summed E-state index contributed by atoms with van der Waals surface area (Å²) >= 11 is 0. The summed E-state index contributed by atoms with van der Waals surface area (Å²) in [5.41, 5.74) is 1.32. The number of aromatic nitrogens is 4. The Labute approximate surface area is 215 Å². The predicted octanol–water partition coefficient (Wildman–Crippen LogP) is 3.33. The van der Waals surface area contributed by atoms with E-state index in [-0.39, 0.29) is 35.0 Å². The second-order valence-corrected chi connectivity index (χ2v) is 10.4. The minimum Gasteiger partial charge on any atom is -0.381 e. The molecule has 4 heterocycles. The summed E-state index contributed by atoms with van der Waals surface area (Å²) < 4.78 is 54.6. The van der Waals surface area contributed by atoms with E-state index in [0.717, 1.165) is 24.9 Å².